The minimum absolute atomic E-state index is 0.617. The number of ether oxygens (including phenoxy) is 2. The van der Waals surface area contributed by atoms with Gasteiger partial charge in [0.05, 0.1) is 0 Å². The first-order valence-corrected chi connectivity index (χ1v) is 8.47. The van der Waals surface area contributed by atoms with Crippen LogP contribution in [0.3, 0.4) is 0 Å². The fraction of sp³-hybridized carbons (Fsp3) is 0.182. The molecule has 0 bridgehead atoms. The molecule has 25 heavy (non-hydrogen) atoms. The number of rotatable bonds is 7. The van der Waals surface area contributed by atoms with Gasteiger partial charge in [-0.2, -0.15) is 0 Å². The Kier molecular flexibility index (Phi) is 5.57. The predicted octanol–water partition coefficient (Wildman–Crippen LogP) is 5.59. The SMILES string of the molecule is Cc1ccc(OCCNc2ccc(Oc3ccccc3)cc2)c(C)c1. The molecule has 0 amide bonds. The van der Waals surface area contributed by atoms with Crippen LogP contribution in [-0.2, 0) is 0 Å². The zero-order valence-electron chi connectivity index (χ0n) is 14.7. The molecule has 0 aliphatic rings. The quantitative estimate of drug-likeness (QED) is 0.572. The van der Waals surface area contributed by atoms with Gasteiger partial charge in [0, 0.05) is 12.2 Å². The smallest absolute Gasteiger partial charge is 0.127 e. The Hall–Kier alpha value is -2.94. The van der Waals surface area contributed by atoms with Crippen LogP contribution in [0.25, 0.3) is 0 Å². The zero-order valence-corrected chi connectivity index (χ0v) is 14.7. The number of hydrogen-bond acceptors (Lipinski definition) is 3. The predicted molar refractivity (Wildman–Crippen MR) is 103 cm³/mol. The first-order valence-electron chi connectivity index (χ1n) is 8.47. The lowest BCUT2D eigenvalue weighted by atomic mass is 10.1. The Bertz CT molecular complexity index is 798. The largest absolute Gasteiger partial charge is 0.491 e. The van der Waals surface area contributed by atoms with Gasteiger partial charge >= 0.3 is 0 Å². The first-order chi connectivity index (χ1) is 12.2. The van der Waals surface area contributed by atoms with Crippen LogP contribution in [0.2, 0.25) is 0 Å². The minimum Gasteiger partial charge on any atom is -0.491 e. The van der Waals surface area contributed by atoms with E-state index in [0.717, 1.165) is 29.5 Å². The second-order valence-corrected chi connectivity index (χ2v) is 5.98. The Morgan fingerprint density at radius 1 is 0.800 bits per heavy atom. The molecule has 0 aliphatic heterocycles. The van der Waals surface area contributed by atoms with E-state index in [2.05, 4.69) is 31.3 Å². The molecule has 1 N–H and O–H groups in total. The number of nitrogens with one attached hydrogen (secondary N) is 1. The molecule has 0 spiro atoms. The van der Waals surface area contributed by atoms with Crippen molar-refractivity contribution in [2.45, 2.75) is 13.8 Å². The standard InChI is InChI=1S/C22H23NO2/c1-17-8-13-22(18(2)16-17)24-15-14-23-19-9-11-21(12-10-19)25-20-6-4-3-5-7-20/h3-13,16,23H,14-15H2,1-2H3. The summed E-state index contributed by atoms with van der Waals surface area (Å²) in [6.45, 7) is 5.52. The number of aryl methyl sites for hydroxylation is 2. The highest BCUT2D eigenvalue weighted by Gasteiger charge is 2.00. The van der Waals surface area contributed by atoms with Gasteiger partial charge in [-0.25, -0.2) is 0 Å². The Labute approximate surface area is 149 Å². The summed E-state index contributed by atoms with van der Waals surface area (Å²) in [6.07, 6.45) is 0. The van der Waals surface area contributed by atoms with Crippen LogP contribution in [-0.4, -0.2) is 13.2 Å². The molecule has 3 heteroatoms. The minimum atomic E-state index is 0.617. The van der Waals surface area contributed by atoms with Crippen molar-refractivity contribution in [3.8, 4) is 17.2 Å². The summed E-state index contributed by atoms with van der Waals surface area (Å²) in [4.78, 5) is 0. The van der Waals surface area contributed by atoms with E-state index >= 15 is 0 Å². The monoisotopic (exact) mass is 333 g/mol. The third-order valence-corrected chi connectivity index (χ3v) is 3.85. The summed E-state index contributed by atoms with van der Waals surface area (Å²) < 4.78 is 11.6. The molecule has 0 aliphatic carbocycles. The van der Waals surface area contributed by atoms with E-state index in [-0.39, 0.29) is 0 Å². The molecule has 0 heterocycles. The molecule has 3 aromatic rings. The van der Waals surface area contributed by atoms with E-state index in [1.54, 1.807) is 0 Å². The van der Waals surface area contributed by atoms with E-state index in [4.69, 9.17) is 9.47 Å². The van der Waals surface area contributed by atoms with Crippen LogP contribution in [0.1, 0.15) is 11.1 Å². The average Bonchev–Trinajstić information content (AvgIpc) is 2.62. The highest BCUT2D eigenvalue weighted by Crippen LogP contribution is 2.22. The molecule has 3 nitrogen and oxygen atoms in total. The van der Waals surface area contributed by atoms with E-state index in [1.165, 1.54) is 11.1 Å². The Morgan fingerprint density at radius 3 is 2.24 bits per heavy atom. The van der Waals surface area contributed by atoms with Gasteiger partial charge in [-0.05, 0) is 61.9 Å². The first kappa shape index (κ1) is 16.9. The second kappa shape index (κ2) is 8.25. The van der Waals surface area contributed by atoms with Crippen LogP contribution in [0.15, 0.2) is 72.8 Å². The summed E-state index contributed by atoms with van der Waals surface area (Å²) >= 11 is 0. The zero-order chi connectivity index (χ0) is 17.5. The second-order valence-electron chi connectivity index (χ2n) is 5.98. The lowest BCUT2D eigenvalue weighted by molar-refractivity contribution is 0.330. The highest BCUT2D eigenvalue weighted by atomic mass is 16.5. The lowest BCUT2D eigenvalue weighted by Gasteiger charge is -2.11. The summed E-state index contributed by atoms with van der Waals surface area (Å²) in [7, 11) is 0. The third kappa shape index (κ3) is 5.01. The van der Waals surface area contributed by atoms with Crippen LogP contribution < -0.4 is 14.8 Å². The van der Waals surface area contributed by atoms with Crippen LogP contribution >= 0.6 is 0 Å². The topological polar surface area (TPSA) is 30.5 Å². The van der Waals surface area contributed by atoms with Crippen molar-refractivity contribution in [2.75, 3.05) is 18.5 Å². The van der Waals surface area contributed by atoms with E-state index in [1.807, 2.05) is 60.7 Å². The molecule has 0 saturated heterocycles. The van der Waals surface area contributed by atoms with Crippen molar-refractivity contribution in [2.24, 2.45) is 0 Å². The van der Waals surface area contributed by atoms with Crippen LogP contribution in [0.4, 0.5) is 5.69 Å². The molecule has 128 valence electrons. The molecule has 0 unspecified atom stereocenters. The molecule has 0 saturated carbocycles. The van der Waals surface area contributed by atoms with Crippen LogP contribution in [0.5, 0.6) is 17.2 Å². The Balaban J connectivity index is 1.45. The molecule has 0 aromatic heterocycles. The van der Waals surface area contributed by atoms with E-state index in [9.17, 15) is 0 Å². The summed E-state index contributed by atoms with van der Waals surface area (Å²) in [5.74, 6) is 2.60. The van der Waals surface area contributed by atoms with E-state index in [0.29, 0.717) is 6.61 Å². The van der Waals surface area contributed by atoms with Gasteiger partial charge in [0.25, 0.3) is 0 Å². The lowest BCUT2D eigenvalue weighted by Crippen LogP contribution is -2.11. The molecule has 0 atom stereocenters. The molecule has 3 aromatic carbocycles. The van der Waals surface area contributed by atoms with Crippen molar-refractivity contribution < 1.29 is 9.47 Å². The highest BCUT2D eigenvalue weighted by molar-refractivity contribution is 5.47. The molecular weight excluding hydrogens is 310 g/mol. The fourth-order valence-electron chi connectivity index (χ4n) is 2.58. The summed E-state index contributed by atoms with van der Waals surface area (Å²) in [5, 5.41) is 3.36. The maximum absolute atomic E-state index is 5.83. The maximum atomic E-state index is 5.83. The van der Waals surface area contributed by atoms with Crippen molar-refractivity contribution in [3.05, 3.63) is 83.9 Å². The normalized spacial score (nSPS) is 10.3. The number of anilines is 1. The van der Waals surface area contributed by atoms with Gasteiger partial charge in [-0.3, -0.25) is 0 Å². The van der Waals surface area contributed by atoms with Crippen molar-refractivity contribution in [1.82, 2.24) is 0 Å². The molecule has 0 radical (unpaired) electrons. The average molecular weight is 333 g/mol. The van der Waals surface area contributed by atoms with Gasteiger partial charge in [0.15, 0.2) is 0 Å². The fourth-order valence-corrected chi connectivity index (χ4v) is 2.58. The summed E-state index contributed by atoms with van der Waals surface area (Å²) in [5.41, 5.74) is 3.47. The van der Waals surface area contributed by atoms with Gasteiger partial charge in [-0.1, -0.05) is 35.9 Å². The van der Waals surface area contributed by atoms with E-state index < -0.39 is 0 Å². The summed E-state index contributed by atoms with van der Waals surface area (Å²) in [6, 6.07) is 23.9. The van der Waals surface area contributed by atoms with Gasteiger partial charge in [-0.15, -0.1) is 0 Å². The van der Waals surface area contributed by atoms with Crippen molar-refractivity contribution in [1.29, 1.82) is 0 Å². The number of hydrogen-bond donors (Lipinski definition) is 1. The molecular formula is C22H23NO2. The Morgan fingerprint density at radius 2 is 1.52 bits per heavy atom. The number of para-hydroxylation sites is 1. The van der Waals surface area contributed by atoms with Crippen LogP contribution in [0, 0.1) is 13.8 Å². The third-order valence-electron chi connectivity index (χ3n) is 3.85. The van der Waals surface area contributed by atoms with Crippen molar-refractivity contribution >= 4 is 5.69 Å². The maximum Gasteiger partial charge on any atom is 0.127 e. The van der Waals surface area contributed by atoms with Gasteiger partial charge < -0.3 is 14.8 Å². The molecule has 3 rings (SSSR count). The van der Waals surface area contributed by atoms with Gasteiger partial charge in [0.1, 0.15) is 23.9 Å². The molecule has 0 fully saturated rings. The number of benzene rings is 3. The van der Waals surface area contributed by atoms with Gasteiger partial charge in [0.2, 0.25) is 0 Å². The van der Waals surface area contributed by atoms with Crippen molar-refractivity contribution in [3.63, 3.8) is 0 Å².